The summed E-state index contributed by atoms with van der Waals surface area (Å²) in [6.07, 6.45) is 1.42. The van der Waals surface area contributed by atoms with E-state index in [1.165, 1.54) is 17.9 Å². The zero-order valence-corrected chi connectivity index (χ0v) is 7.42. The van der Waals surface area contributed by atoms with Gasteiger partial charge in [0.05, 0.1) is 7.11 Å². The SMILES string of the molecule is CO/C(Cl)=C\c1nc(=O)n(C)[nH]1. The maximum atomic E-state index is 10.8. The maximum Gasteiger partial charge on any atom is 0.363 e. The second kappa shape index (κ2) is 3.44. The Morgan fingerprint density at radius 1 is 1.83 bits per heavy atom. The number of nitrogens with one attached hydrogen (secondary N) is 1. The molecule has 0 aliphatic heterocycles. The number of ether oxygens (including phenoxy) is 1. The zero-order valence-electron chi connectivity index (χ0n) is 6.67. The minimum Gasteiger partial charge on any atom is -0.486 e. The van der Waals surface area contributed by atoms with Crippen LogP contribution in [-0.2, 0) is 11.8 Å². The molecule has 1 aromatic heterocycles. The van der Waals surface area contributed by atoms with Crippen LogP contribution in [0.25, 0.3) is 6.08 Å². The van der Waals surface area contributed by atoms with Gasteiger partial charge < -0.3 is 4.74 Å². The molecule has 1 heterocycles. The maximum absolute atomic E-state index is 10.8. The molecule has 12 heavy (non-hydrogen) atoms. The number of nitrogens with zero attached hydrogens (tertiary/aromatic N) is 2. The van der Waals surface area contributed by atoms with Gasteiger partial charge in [-0.15, -0.1) is 0 Å². The Morgan fingerprint density at radius 2 is 2.50 bits per heavy atom. The van der Waals surface area contributed by atoms with Crippen LogP contribution in [-0.4, -0.2) is 21.9 Å². The Kier molecular flexibility index (Phi) is 2.54. The number of hydrogen-bond acceptors (Lipinski definition) is 3. The van der Waals surface area contributed by atoms with Crippen molar-refractivity contribution in [3.8, 4) is 0 Å². The summed E-state index contributed by atoms with van der Waals surface area (Å²) in [6, 6.07) is 0. The number of hydrogen-bond donors (Lipinski definition) is 1. The average Bonchev–Trinajstić information content (AvgIpc) is 2.31. The molecule has 0 unspecified atom stereocenters. The molecule has 66 valence electrons. The fourth-order valence-corrected chi connectivity index (χ4v) is 0.757. The van der Waals surface area contributed by atoms with Gasteiger partial charge in [-0.1, -0.05) is 0 Å². The number of rotatable bonds is 2. The topological polar surface area (TPSA) is 59.9 Å². The molecular formula is C6H8ClN3O2. The molecule has 0 spiro atoms. The quantitative estimate of drug-likeness (QED) is 0.681. The molecule has 1 aromatic rings. The van der Waals surface area contributed by atoms with Crippen LogP contribution in [0.1, 0.15) is 5.82 Å². The summed E-state index contributed by atoms with van der Waals surface area (Å²) in [5.74, 6) is 0.370. The van der Waals surface area contributed by atoms with E-state index < -0.39 is 0 Å². The lowest BCUT2D eigenvalue weighted by Gasteiger charge is -1.92. The van der Waals surface area contributed by atoms with E-state index in [1.54, 1.807) is 7.05 Å². The van der Waals surface area contributed by atoms with Crippen LogP contribution in [0.2, 0.25) is 0 Å². The number of halogens is 1. The summed E-state index contributed by atoms with van der Waals surface area (Å²) in [6.45, 7) is 0. The standard InChI is InChI=1S/C6H8ClN3O2/c1-10-6(11)8-5(9-10)3-4(7)12-2/h3H,1-2H3,(H,8,9,11)/b4-3-. The Labute approximate surface area is 73.6 Å². The Bertz CT molecular complexity index is 352. The third-order valence-electron chi connectivity index (χ3n) is 1.23. The van der Waals surface area contributed by atoms with Gasteiger partial charge in [-0.2, -0.15) is 4.98 Å². The molecule has 6 heteroatoms. The summed E-state index contributed by atoms with van der Waals surface area (Å²) >= 11 is 5.53. The van der Waals surface area contributed by atoms with E-state index in [4.69, 9.17) is 11.6 Å². The van der Waals surface area contributed by atoms with E-state index in [-0.39, 0.29) is 10.9 Å². The van der Waals surface area contributed by atoms with E-state index in [0.29, 0.717) is 5.82 Å². The van der Waals surface area contributed by atoms with Crippen molar-refractivity contribution in [1.82, 2.24) is 14.8 Å². The van der Waals surface area contributed by atoms with Gasteiger partial charge in [0, 0.05) is 13.1 Å². The van der Waals surface area contributed by atoms with Crippen LogP contribution in [0.4, 0.5) is 0 Å². The van der Waals surface area contributed by atoms with Crippen molar-refractivity contribution in [2.45, 2.75) is 0 Å². The van der Waals surface area contributed by atoms with Gasteiger partial charge in [0.15, 0.2) is 11.0 Å². The Balaban J connectivity index is 2.98. The number of H-pyrrole nitrogens is 1. The molecule has 0 atom stereocenters. The summed E-state index contributed by atoms with van der Waals surface area (Å²) in [5.41, 5.74) is -0.359. The second-order valence-electron chi connectivity index (χ2n) is 2.10. The van der Waals surface area contributed by atoms with E-state index in [0.717, 1.165) is 0 Å². The predicted octanol–water partition coefficient (Wildman–Crippen LogP) is 0.292. The van der Waals surface area contributed by atoms with Gasteiger partial charge in [-0.05, 0) is 11.6 Å². The molecule has 1 N–H and O–H groups in total. The van der Waals surface area contributed by atoms with Gasteiger partial charge in [0.1, 0.15) is 0 Å². The van der Waals surface area contributed by atoms with Gasteiger partial charge in [0.2, 0.25) is 0 Å². The molecule has 0 bridgehead atoms. The summed E-state index contributed by atoms with van der Waals surface area (Å²) < 4.78 is 5.90. The molecule has 0 saturated carbocycles. The van der Waals surface area contributed by atoms with Crippen LogP contribution in [0, 0.1) is 0 Å². The molecule has 0 aromatic carbocycles. The molecule has 0 fully saturated rings. The molecular weight excluding hydrogens is 182 g/mol. The van der Waals surface area contributed by atoms with Crippen molar-refractivity contribution < 1.29 is 4.74 Å². The minimum absolute atomic E-state index is 0.171. The Morgan fingerprint density at radius 3 is 2.92 bits per heavy atom. The highest BCUT2D eigenvalue weighted by atomic mass is 35.5. The first kappa shape index (κ1) is 8.86. The van der Waals surface area contributed by atoms with E-state index >= 15 is 0 Å². The number of aryl methyl sites for hydroxylation is 1. The summed E-state index contributed by atoms with van der Waals surface area (Å²) in [7, 11) is 2.99. The molecule has 0 saturated heterocycles. The fraction of sp³-hybridized carbons (Fsp3) is 0.333. The van der Waals surface area contributed by atoms with Gasteiger partial charge in [-0.25, -0.2) is 9.48 Å². The van der Waals surface area contributed by atoms with E-state index in [1.807, 2.05) is 0 Å². The number of methoxy groups -OCH3 is 1. The van der Waals surface area contributed by atoms with E-state index in [2.05, 4.69) is 14.8 Å². The van der Waals surface area contributed by atoms with Crippen LogP contribution in [0.5, 0.6) is 0 Å². The monoisotopic (exact) mass is 189 g/mol. The van der Waals surface area contributed by atoms with Crippen LogP contribution in [0.15, 0.2) is 10.0 Å². The molecule has 1 rings (SSSR count). The summed E-state index contributed by atoms with van der Waals surface area (Å²) in [4.78, 5) is 14.4. The van der Waals surface area contributed by atoms with Crippen molar-refractivity contribution in [1.29, 1.82) is 0 Å². The van der Waals surface area contributed by atoms with Crippen molar-refractivity contribution >= 4 is 17.7 Å². The molecule has 0 aliphatic carbocycles. The van der Waals surface area contributed by atoms with Crippen molar-refractivity contribution in [3.63, 3.8) is 0 Å². The zero-order chi connectivity index (χ0) is 9.14. The van der Waals surface area contributed by atoms with Crippen LogP contribution < -0.4 is 5.69 Å². The number of aromatic nitrogens is 3. The van der Waals surface area contributed by atoms with E-state index in [9.17, 15) is 4.79 Å². The molecule has 0 aliphatic rings. The van der Waals surface area contributed by atoms with Gasteiger partial charge >= 0.3 is 5.69 Å². The fourth-order valence-electron chi connectivity index (χ4n) is 0.654. The third kappa shape index (κ3) is 1.88. The van der Waals surface area contributed by atoms with Crippen molar-refractivity contribution in [2.75, 3.05) is 7.11 Å². The lowest BCUT2D eigenvalue weighted by atomic mass is 10.6. The smallest absolute Gasteiger partial charge is 0.363 e. The van der Waals surface area contributed by atoms with Crippen LogP contribution in [0.3, 0.4) is 0 Å². The first-order valence-electron chi connectivity index (χ1n) is 3.17. The third-order valence-corrected chi connectivity index (χ3v) is 1.49. The minimum atomic E-state index is -0.359. The highest BCUT2D eigenvalue weighted by Crippen LogP contribution is 2.04. The Hall–Kier alpha value is -1.23. The first-order valence-corrected chi connectivity index (χ1v) is 3.55. The molecule has 0 amide bonds. The van der Waals surface area contributed by atoms with Crippen LogP contribution >= 0.6 is 11.6 Å². The number of aromatic amines is 1. The highest BCUT2D eigenvalue weighted by molar-refractivity contribution is 6.30. The largest absolute Gasteiger partial charge is 0.486 e. The first-order chi connectivity index (χ1) is 5.63. The lowest BCUT2D eigenvalue weighted by molar-refractivity contribution is 0.325. The van der Waals surface area contributed by atoms with Crippen molar-refractivity contribution in [2.24, 2.45) is 7.05 Å². The average molecular weight is 190 g/mol. The summed E-state index contributed by atoms with van der Waals surface area (Å²) in [5, 5.41) is 2.83. The van der Waals surface area contributed by atoms with Crippen molar-refractivity contribution in [3.05, 3.63) is 21.5 Å². The van der Waals surface area contributed by atoms with Gasteiger partial charge in [-0.3, -0.25) is 5.10 Å². The highest BCUT2D eigenvalue weighted by Gasteiger charge is 1.98. The van der Waals surface area contributed by atoms with Gasteiger partial charge in [0.25, 0.3) is 0 Å². The second-order valence-corrected chi connectivity index (χ2v) is 2.48. The predicted molar refractivity (Wildman–Crippen MR) is 44.7 cm³/mol. The molecule has 5 nitrogen and oxygen atoms in total. The normalized spacial score (nSPS) is 11.8. The lowest BCUT2D eigenvalue weighted by Crippen LogP contribution is -2.13. The molecule has 0 radical (unpaired) electrons.